The first-order valence-electron chi connectivity index (χ1n) is 6.49. The lowest BCUT2D eigenvalue weighted by Crippen LogP contribution is -1.99. The van der Waals surface area contributed by atoms with Crippen molar-refractivity contribution in [1.82, 2.24) is 15.0 Å². The summed E-state index contributed by atoms with van der Waals surface area (Å²) in [5, 5.41) is 8.29. The lowest BCUT2D eigenvalue weighted by Gasteiger charge is -2.04. The van der Waals surface area contributed by atoms with Gasteiger partial charge >= 0.3 is 0 Å². The number of aryl methyl sites for hydroxylation is 1. The highest BCUT2D eigenvalue weighted by atomic mass is 15.4. The summed E-state index contributed by atoms with van der Waals surface area (Å²) in [6.45, 7) is 9.88. The summed E-state index contributed by atoms with van der Waals surface area (Å²) in [6, 6.07) is 0. The van der Waals surface area contributed by atoms with Gasteiger partial charge in [-0.25, -0.2) is 0 Å². The topological polar surface area (TPSA) is 30.7 Å². The van der Waals surface area contributed by atoms with Crippen LogP contribution in [0.1, 0.15) is 65.0 Å². The van der Waals surface area contributed by atoms with Crippen molar-refractivity contribution < 1.29 is 0 Å². The molecule has 0 spiro atoms. The van der Waals surface area contributed by atoms with Crippen LogP contribution >= 0.6 is 0 Å². The summed E-state index contributed by atoms with van der Waals surface area (Å²) in [7, 11) is 0. The summed E-state index contributed by atoms with van der Waals surface area (Å²) in [5.41, 5.74) is 1.10. The van der Waals surface area contributed by atoms with E-state index in [1.165, 1.54) is 25.7 Å². The number of hydrogen-bond acceptors (Lipinski definition) is 2. The monoisotopic (exact) mass is 223 g/mol. The molecule has 0 fully saturated rings. The third-order valence-corrected chi connectivity index (χ3v) is 2.82. The van der Waals surface area contributed by atoms with Crippen LogP contribution in [0, 0.1) is 5.92 Å². The first kappa shape index (κ1) is 13.2. The SMILES string of the molecule is CC(C)CCCCCn1cc(C(C)C)nn1. The lowest BCUT2D eigenvalue weighted by molar-refractivity contribution is 0.487. The van der Waals surface area contributed by atoms with Crippen LogP contribution in [-0.4, -0.2) is 15.0 Å². The van der Waals surface area contributed by atoms with Crippen LogP contribution in [0.2, 0.25) is 0 Å². The molecule has 92 valence electrons. The molecular formula is C13H25N3. The van der Waals surface area contributed by atoms with E-state index in [0.717, 1.165) is 18.2 Å². The van der Waals surface area contributed by atoms with Crippen LogP contribution in [0.15, 0.2) is 6.20 Å². The van der Waals surface area contributed by atoms with Gasteiger partial charge in [-0.2, -0.15) is 0 Å². The van der Waals surface area contributed by atoms with Crippen molar-refractivity contribution >= 4 is 0 Å². The first-order valence-corrected chi connectivity index (χ1v) is 6.49. The van der Waals surface area contributed by atoms with E-state index in [1.807, 2.05) is 4.68 Å². The minimum absolute atomic E-state index is 0.481. The number of hydrogen-bond donors (Lipinski definition) is 0. The minimum atomic E-state index is 0.481. The van der Waals surface area contributed by atoms with Crippen LogP contribution in [0.5, 0.6) is 0 Å². The molecule has 0 aliphatic carbocycles. The normalized spacial score (nSPS) is 11.6. The van der Waals surface area contributed by atoms with Gasteiger partial charge in [0.1, 0.15) is 0 Å². The molecule has 0 radical (unpaired) electrons. The van der Waals surface area contributed by atoms with E-state index in [4.69, 9.17) is 0 Å². The lowest BCUT2D eigenvalue weighted by atomic mass is 10.1. The molecule has 0 aliphatic rings. The average molecular weight is 223 g/mol. The summed E-state index contributed by atoms with van der Waals surface area (Å²) in [5.74, 6) is 1.31. The third-order valence-electron chi connectivity index (χ3n) is 2.82. The van der Waals surface area contributed by atoms with E-state index in [9.17, 15) is 0 Å². The number of unbranched alkanes of at least 4 members (excludes halogenated alkanes) is 2. The van der Waals surface area contributed by atoms with Gasteiger partial charge in [-0.05, 0) is 18.3 Å². The van der Waals surface area contributed by atoms with E-state index in [2.05, 4.69) is 44.2 Å². The van der Waals surface area contributed by atoms with Gasteiger partial charge in [0.05, 0.1) is 5.69 Å². The molecule has 0 unspecified atom stereocenters. The molecule has 0 amide bonds. The molecule has 16 heavy (non-hydrogen) atoms. The number of rotatable bonds is 7. The molecule has 0 aliphatic heterocycles. The molecule has 0 N–H and O–H groups in total. The second-order valence-corrected chi connectivity index (χ2v) is 5.30. The first-order chi connectivity index (χ1) is 7.59. The maximum atomic E-state index is 4.16. The predicted molar refractivity (Wildman–Crippen MR) is 67.4 cm³/mol. The fraction of sp³-hybridized carbons (Fsp3) is 0.846. The van der Waals surface area contributed by atoms with Crippen LogP contribution in [0.4, 0.5) is 0 Å². The number of aromatic nitrogens is 3. The van der Waals surface area contributed by atoms with Gasteiger partial charge in [-0.15, -0.1) is 5.10 Å². The van der Waals surface area contributed by atoms with Crippen LogP contribution in [-0.2, 0) is 6.54 Å². The average Bonchev–Trinajstić information content (AvgIpc) is 2.65. The van der Waals surface area contributed by atoms with Gasteiger partial charge in [0.15, 0.2) is 0 Å². The Kier molecular flexibility index (Phi) is 5.50. The smallest absolute Gasteiger partial charge is 0.0852 e. The molecule has 1 aromatic heterocycles. The molecule has 3 nitrogen and oxygen atoms in total. The minimum Gasteiger partial charge on any atom is -0.252 e. The van der Waals surface area contributed by atoms with E-state index in [0.29, 0.717) is 5.92 Å². The van der Waals surface area contributed by atoms with Crippen LogP contribution in [0.25, 0.3) is 0 Å². The Bertz CT molecular complexity index is 289. The van der Waals surface area contributed by atoms with Crippen molar-refractivity contribution in [3.63, 3.8) is 0 Å². The fourth-order valence-corrected chi connectivity index (χ4v) is 1.69. The second-order valence-electron chi connectivity index (χ2n) is 5.30. The molecule has 0 saturated heterocycles. The molecule has 0 bridgehead atoms. The Morgan fingerprint density at radius 2 is 1.88 bits per heavy atom. The van der Waals surface area contributed by atoms with Crippen LogP contribution in [0.3, 0.4) is 0 Å². The quantitative estimate of drug-likeness (QED) is 0.661. The molecule has 0 atom stereocenters. The fourth-order valence-electron chi connectivity index (χ4n) is 1.69. The summed E-state index contributed by atoms with van der Waals surface area (Å²) < 4.78 is 1.98. The van der Waals surface area contributed by atoms with Gasteiger partial charge in [0.2, 0.25) is 0 Å². The van der Waals surface area contributed by atoms with Gasteiger partial charge in [-0.1, -0.05) is 52.2 Å². The summed E-state index contributed by atoms with van der Waals surface area (Å²) in [4.78, 5) is 0. The molecule has 1 heterocycles. The summed E-state index contributed by atoms with van der Waals surface area (Å²) in [6.07, 6.45) is 7.27. The molecule has 3 heteroatoms. The molecule has 0 aromatic carbocycles. The molecule has 1 rings (SSSR count). The predicted octanol–water partition coefficient (Wildman–Crippen LogP) is 3.62. The van der Waals surface area contributed by atoms with E-state index in [-0.39, 0.29) is 0 Å². The van der Waals surface area contributed by atoms with Gasteiger partial charge in [0.25, 0.3) is 0 Å². The largest absolute Gasteiger partial charge is 0.252 e. The van der Waals surface area contributed by atoms with Crippen molar-refractivity contribution in [3.8, 4) is 0 Å². The molecule has 0 saturated carbocycles. The highest BCUT2D eigenvalue weighted by Gasteiger charge is 2.04. The Morgan fingerprint density at radius 1 is 1.12 bits per heavy atom. The Balaban J connectivity index is 2.17. The zero-order valence-corrected chi connectivity index (χ0v) is 11.1. The maximum Gasteiger partial charge on any atom is 0.0852 e. The Hall–Kier alpha value is -0.860. The zero-order valence-electron chi connectivity index (χ0n) is 11.1. The van der Waals surface area contributed by atoms with Crippen molar-refractivity contribution in [3.05, 3.63) is 11.9 Å². The van der Waals surface area contributed by atoms with Crippen molar-refractivity contribution in [2.24, 2.45) is 5.92 Å². The second kappa shape index (κ2) is 6.66. The zero-order chi connectivity index (χ0) is 12.0. The van der Waals surface area contributed by atoms with E-state index in [1.54, 1.807) is 0 Å². The van der Waals surface area contributed by atoms with Gasteiger partial charge in [0, 0.05) is 12.7 Å². The van der Waals surface area contributed by atoms with E-state index < -0.39 is 0 Å². The highest BCUT2D eigenvalue weighted by molar-refractivity contribution is 4.97. The van der Waals surface area contributed by atoms with Gasteiger partial charge < -0.3 is 0 Å². The van der Waals surface area contributed by atoms with Crippen molar-refractivity contribution in [2.75, 3.05) is 0 Å². The highest BCUT2D eigenvalue weighted by Crippen LogP contribution is 2.11. The Morgan fingerprint density at radius 3 is 2.44 bits per heavy atom. The van der Waals surface area contributed by atoms with Crippen molar-refractivity contribution in [2.45, 2.75) is 65.8 Å². The molecular weight excluding hydrogens is 198 g/mol. The van der Waals surface area contributed by atoms with Crippen molar-refractivity contribution in [1.29, 1.82) is 0 Å². The maximum absolute atomic E-state index is 4.16. The summed E-state index contributed by atoms with van der Waals surface area (Å²) >= 11 is 0. The third kappa shape index (κ3) is 4.77. The Labute approximate surface area is 99.2 Å². The number of nitrogens with zero attached hydrogens (tertiary/aromatic N) is 3. The van der Waals surface area contributed by atoms with Gasteiger partial charge in [-0.3, -0.25) is 4.68 Å². The van der Waals surface area contributed by atoms with E-state index >= 15 is 0 Å². The van der Waals surface area contributed by atoms with Crippen LogP contribution < -0.4 is 0 Å². The molecule has 1 aromatic rings. The standard InChI is InChI=1S/C13H25N3/c1-11(2)8-6-5-7-9-16-10-13(12(3)4)14-15-16/h10-12H,5-9H2,1-4H3.